The van der Waals surface area contributed by atoms with E-state index in [-0.39, 0.29) is 29.2 Å². The van der Waals surface area contributed by atoms with Gasteiger partial charge in [-0.05, 0) is 39.0 Å². The SMILES string of the molecule is CC(C)(C)OC(=O)OCCC1CC(=O)SC1=O. The number of rotatable bonds is 3. The fourth-order valence-electron chi connectivity index (χ4n) is 1.31. The van der Waals surface area contributed by atoms with Crippen molar-refractivity contribution in [1.29, 1.82) is 0 Å². The lowest BCUT2D eigenvalue weighted by atomic mass is 10.1. The Kier molecular flexibility index (Phi) is 4.56. The van der Waals surface area contributed by atoms with Crippen LogP contribution in [0.5, 0.6) is 0 Å². The first-order valence-electron chi connectivity index (χ1n) is 5.38. The van der Waals surface area contributed by atoms with E-state index in [0.29, 0.717) is 6.42 Å². The van der Waals surface area contributed by atoms with Crippen molar-refractivity contribution < 1.29 is 23.9 Å². The van der Waals surface area contributed by atoms with Gasteiger partial charge in [0, 0.05) is 12.3 Å². The standard InChI is InChI=1S/C11H16O5S/c1-11(2,3)16-10(14)15-5-4-7-6-8(12)17-9(7)13/h7H,4-6H2,1-3H3. The Labute approximate surface area is 104 Å². The van der Waals surface area contributed by atoms with Crippen LogP contribution in [0.25, 0.3) is 0 Å². The maximum atomic E-state index is 11.3. The fraction of sp³-hybridized carbons (Fsp3) is 0.727. The molecule has 0 aliphatic carbocycles. The van der Waals surface area contributed by atoms with Crippen LogP contribution in [0.3, 0.4) is 0 Å². The van der Waals surface area contributed by atoms with Crippen molar-refractivity contribution in [3.8, 4) is 0 Å². The molecule has 1 atom stereocenters. The molecule has 1 aliphatic heterocycles. The maximum absolute atomic E-state index is 11.3. The summed E-state index contributed by atoms with van der Waals surface area (Å²) in [4.78, 5) is 33.4. The number of hydrogen-bond donors (Lipinski definition) is 0. The summed E-state index contributed by atoms with van der Waals surface area (Å²) in [5, 5.41) is -0.250. The van der Waals surface area contributed by atoms with Gasteiger partial charge in [0.05, 0.1) is 6.61 Å². The molecule has 0 N–H and O–H groups in total. The second kappa shape index (κ2) is 5.53. The van der Waals surface area contributed by atoms with Crippen molar-refractivity contribution in [3.05, 3.63) is 0 Å². The van der Waals surface area contributed by atoms with Crippen LogP contribution < -0.4 is 0 Å². The Balaban J connectivity index is 2.22. The molecule has 5 nitrogen and oxygen atoms in total. The van der Waals surface area contributed by atoms with Crippen LogP contribution in [-0.2, 0) is 19.1 Å². The lowest BCUT2D eigenvalue weighted by Gasteiger charge is -2.19. The molecular weight excluding hydrogens is 244 g/mol. The van der Waals surface area contributed by atoms with Crippen LogP contribution in [0.2, 0.25) is 0 Å². The Hall–Kier alpha value is -1.04. The van der Waals surface area contributed by atoms with Crippen LogP contribution >= 0.6 is 11.8 Å². The van der Waals surface area contributed by atoms with Crippen molar-refractivity contribution in [2.75, 3.05) is 6.61 Å². The van der Waals surface area contributed by atoms with Crippen LogP contribution in [-0.4, -0.2) is 28.6 Å². The minimum absolute atomic E-state index is 0.0964. The summed E-state index contributed by atoms with van der Waals surface area (Å²) in [6.45, 7) is 5.32. The molecule has 0 saturated carbocycles. The summed E-state index contributed by atoms with van der Waals surface area (Å²) in [5.74, 6) is -0.324. The molecule has 0 amide bonds. The number of carbonyl (C=O) groups is 3. The van der Waals surface area contributed by atoms with E-state index in [0.717, 1.165) is 11.8 Å². The smallest absolute Gasteiger partial charge is 0.434 e. The van der Waals surface area contributed by atoms with Crippen molar-refractivity contribution in [2.45, 2.75) is 39.2 Å². The number of carbonyl (C=O) groups excluding carboxylic acids is 3. The molecule has 0 aromatic carbocycles. The van der Waals surface area contributed by atoms with E-state index < -0.39 is 11.8 Å². The molecule has 1 fully saturated rings. The first-order chi connectivity index (χ1) is 7.78. The van der Waals surface area contributed by atoms with Gasteiger partial charge in [-0.1, -0.05) is 0 Å². The third kappa shape index (κ3) is 5.21. The summed E-state index contributed by atoms with van der Waals surface area (Å²) < 4.78 is 9.76. The number of hydrogen-bond acceptors (Lipinski definition) is 6. The predicted octanol–water partition coefficient (Wildman–Crippen LogP) is 2.13. The van der Waals surface area contributed by atoms with Crippen molar-refractivity contribution in [2.24, 2.45) is 5.92 Å². The molecule has 0 spiro atoms. The van der Waals surface area contributed by atoms with Crippen molar-refractivity contribution >= 4 is 28.1 Å². The van der Waals surface area contributed by atoms with E-state index in [9.17, 15) is 14.4 Å². The quantitative estimate of drug-likeness (QED) is 0.724. The Morgan fingerprint density at radius 2 is 2.06 bits per heavy atom. The lowest BCUT2D eigenvalue weighted by molar-refractivity contribution is -0.116. The topological polar surface area (TPSA) is 69.7 Å². The lowest BCUT2D eigenvalue weighted by Crippen LogP contribution is -2.25. The molecule has 1 saturated heterocycles. The van der Waals surface area contributed by atoms with Gasteiger partial charge in [-0.3, -0.25) is 9.59 Å². The zero-order chi connectivity index (χ0) is 13.1. The van der Waals surface area contributed by atoms with Gasteiger partial charge in [-0.25, -0.2) is 4.79 Å². The van der Waals surface area contributed by atoms with Gasteiger partial charge in [-0.15, -0.1) is 0 Å². The molecular formula is C11H16O5S. The van der Waals surface area contributed by atoms with Crippen molar-refractivity contribution in [1.82, 2.24) is 0 Å². The van der Waals surface area contributed by atoms with E-state index in [4.69, 9.17) is 9.47 Å². The van der Waals surface area contributed by atoms with Crippen LogP contribution in [0, 0.1) is 5.92 Å². The minimum atomic E-state index is -0.748. The molecule has 17 heavy (non-hydrogen) atoms. The zero-order valence-electron chi connectivity index (χ0n) is 10.1. The summed E-state index contributed by atoms with van der Waals surface area (Å²) in [6.07, 6.45) is -0.139. The van der Waals surface area contributed by atoms with Crippen LogP contribution in [0.4, 0.5) is 4.79 Å². The molecule has 1 rings (SSSR count). The zero-order valence-corrected chi connectivity index (χ0v) is 11.0. The highest BCUT2D eigenvalue weighted by Gasteiger charge is 2.32. The van der Waals surface area contributed by atoms with Gasteiger partial charge < -0.3 is 9.47 Å². The molecule has 6 heteroatoms. The van der Waals surface area contributed by atoms with Gasteiger partial charge in [0.25, 0.3) is 0 Å². The molecule has 1 aliphatic rings. The highest BCUT2D eigenvalue weighted by atomic mass is 32.2. The van der Waals surface area contributed by atoms with E-state index in [2.05, 4.69) is 0 Å². The van der Waals surface area contributed by atoms with E-state index in [1.165, 1.54) is 0 Å². The van der Waals surface area contributed by atoms with Crippen molar-refractivity contribution in [3.63, 3.8) is 0 Å². The normalized spacial score (nSPS) is 20.5. The second-order valence-electron chi connectivity index (χ2n) is 4.80. The molecule has 0 aromatic heterocycles. The summed E-state index contributed by atoms with van der Waals surface area (Å²) in [6, 6.07) is 0. The molecule has 1 unspecified atom stereocenters. The van der Waals surface area contributed by atoms with E-state index in [1.54, 1.807) is 20.8 Å². The van der Waals surface area contributed by atoms with E-state index >= 15 is 0 Å². The average molecular weight is 260 g/mol. The highest BCUT2D eigenvalue weighted by molar-refractivity contribution is 8.26. The first kappa shape index (κ1) is 14.0. The summed E-state index contributed by atoms with van der Waals surface area (Å²) in [7, 11) is 0. The largest absolute Gasteiger partial charge is 0.508 e. The Morgan fingerprint density at radius 3 is 2.53 bits per heavy atom. The summed E-state index contributed by atoms with van der Waals surface area (Å²) in [5.41, 5.74) is -0.591. The maximum Gasteiger partial charge on any atom is 0.508 e. The van der Waals surface area contributed by atoms with Gasteiger partial charge >= 0.3 is 6.16 Å². The second-order valence-corrected chi connectivity index (χ2v) is 5.86. The highest BCUT2D eigenvalue weighted by Crippen LogP contribution is 2.29. The molecule has 1 heterocycles. The first-order valence-corrected chi connectivity index (χ1v) is 6.20. The van der Waals surface area contributed by atoms with Crippen LogP contribution in [0.1, 0.15) is 33.6 Å². The molecule has 0 radical (unpaired) electrons. The molecule has 0 bridgehead atoms. The molecule has 0 aromatic rings. The van der Waals surface area contributed by atoms with E-state index in [1.807, 2.05) is 0 Å². The summed E-state index contributed by atoms with van der Waals surface area (Å²) >= 11 is 0.748. The van der Waals surface area contributed by atoms with Gasteiger partial charge in [0.2, 0.25) is 0 Å². The number of thioether (sulfide) groups is 1. The Morgan fingerprint density at radius 1 is 1.41 bits per heavy atom. The third-order valence-electron chi connectivity index (χ3n) is 2.04. The number of ether oxygens (including phenoxy) is 2. The predicted molar refractivity (Wildman–Crippen MR) is 62.5 cm³/mol. The van der Waals surface area contributed by atoms with Gasteiger partial charge in [0.15, 0.2) is 10.2 Å². The fourth-order valence-corrected chi connectivity index (χ4v) is 2.18. The minimum Gasteiger partial charge on any atom is -0.434 e. The van der Waals surface area contributed by atoms with Crippen LogP contribution in [0.15, 0.2) is 0 Å². The monoisotopic (exact) mass is 260 g/mol. The average Bonchev–Trinajstić information content (AvgIpc) is 2.42. The van der Waals surface area contributed by atoms with Gasteiger partial charge in [-0.2, -0.15) is 0 Å². The third-order valence-corrected chi connectivity index (χ3v) is 2.97. The molecule has 96 valence electrons. The van der Waals surface area contributed by atoms with Gasteiger partial charge in [0.1, 0.15) is 5.60 Å². The Bertz CT molecular complexity index is 331.